The van der Waals surface area contributed by atoms with Crippen molar-refractivity contribution in [2.24, 2.45) is 0 Å². The van der Waals surface area contributed by atoms with Gasteiger partial charge in [-0.2, -0.15) is 17.6 Å². The molecule has 2 fully saturated rings. The smallest absolute Gasteiger partial charge is 0.418 e. The zero-order valence-electron chi connectivity index (χ0n) is 21.1. The van der Waals surface area contributed by atoms with Crippen molar-refractivity contribution in [2.45, 2.75) is 114 Å². The van der Waals surface area contributed by atoms with Crippen LogP contribution >= 0.6 is 15.8 Å². The molecule has 2 aliphatic heterocycles. The fraction of sp³-hybridized carbons (Fsp3) is 0.750. The summed E-state index contributed by atoms with van der Waals surface area (Å²) in [6.07, 6.45) is 17.6. The molecule has 4 aliphatic rings. The van der Waals surface area contributed by atoms with E-state index in [2.05, 4.69) is 24.3 Å². The Labute approximate surface area is 225 Å². The minimum atomic E-state index is -6.00. The van der Waals surface area contributed by atoms with Crippen LogP contribution in [0.2, 0.25) is 0 Å². The Hall–Kier alpha value is 0.208. The molecule has 0 amide bonds. The average molecular weight is 652 g/mol. The van der Waals surface area contributed by atoms with Crippen LogP contribution in [0.15, 0.2) is 34.9 Å². The van der Waals surface area contributed by atoms with E-state index in [0.717, 1.165) is 25.7 Å². The molecule has 2 saturated heterocycles. The van der Waals surface area contributed by atoms with Crippen LogP contribution < -0.4 is 0 Å². The molecule has 211 valence electrons. The third-order valence-corrected chi connectivity index (χ3v) is 14.0. The van der Waals surface area contributed by atoms with Gasteiger partial charge in [0, 0.05) is 30.1 Å². The van der Waals surface area contributed by atoms with E-state index in [0.29, 0.717) is 0 Å². The third-order valence-electron chi connectivity index (χ3n) is 6.97. The number of halogens is 8. The van der Waals surface area contributed by atoms with E-state index >= 15 is 0 Å². The van der Waals surface area contributed by atoms with Gasteiger partial charge in [0.2, 0.25) is 0 Å². The van der Waals surface area contributed by atoms with E-state index in [-0.39, 0.29) is 52.7 Å². The predicted octanol–water partition coefficient (Wildman–Crippen LogP) is 10.6. The Kier molecular flexibility index (Phi) is 13.3. The molecule has 0 N–H and O–H groups in total. The van der Waals surface area contributed by atoms with Crippen LogP contribution in [-0.2, 0) is 19.5 Å². The molecule has 1 radical (unpaired) electrons. The fourth-order valence-corrected chi connectivity index (χ4v) is 12.8. The summed E-state index contributed by atoms with van der Waals surface area (Å²) in [6.45, 7) is 7.89. The van der Waals surface area contributed by atoms with Gasteiger partial charge in [-0.25, -0.2) is 0 Å². The van der Waals surface area contributed by atoms with Gasteiger partial charge in [-0.05, 0) is 74.0 Å². The number of alkyl halides is 4. The zero-order valence-corrected chi connectivity index (χ0v) is 24.5. The monoisotopic (exact) mass is 652 g/mol. The Bertz CT molecular complexity index is 703. The summed E-state index contributed by atoms with van der Waals surface area (Å²) in [7, 11) is -8.23. The van der Waals surface area contributed by atoms with Crippen LogP contribution in [0.3, 0.4) is 0 Å². The number of allylic oxidation sites excluding steroid dienone is 6. The molecule has 12 heteroatoms. The molecule has 0 aromatic carbocycles. The van der Waals surface area contributed by atoms with Gasteiger partial charge in [0.15, 0.2) is 0 Å². The van der Waals surface area contributed by atoms with Crippen molar-refractivity contribution in [1.29, 1.82) is 0 Å². The molecule has 4 atom stereocenters. The number of hydrogen-bond donors (Lipinski definition) is 0. The molecule has 0 aromatic heterocycles. The number of rotatable bonds is 2. The van der Waals surface area contributed by atoms with E-state index in [1.165, 1.54) is 25.7 Å². The molecule has 0 unspecified atom stereocenters. The molecule has 4 rings (SSSR count). The first-order valence-corrected chi connectivity index (χ1v) is 15.3. The van der Waals surface area contributed by atoms with E-state index in [1.54, 1.807) is 0 Å². The predicted molar refractivity (Wildman–Crippen MR) is 134 cm³/mol. The van der Waals surface area contributed by atoms with Crippen LogP contribution in [0, 0.1) is 0 Å². The first kappa shape index (κ1) is 34.2. The summed E-state index contributed by atoms with van der Waals surface area (Å²) >= 11 is 0. The van der Waals surface area contributed by atoms with Crippen molar-refractivity contribution in [1.82, 2.24) is 0 Å². The quantitative estimate of drug-likeness (QED) is 0.121. The van der Waals surface area contributed by atoms with Gasteiger partial charge in [0.1, 0.15) is 0 Å². The van der Waals surface area contributed by atoms with Crippen LogP contribution in [0.25, 0.3) is 0 Å². The summed E-state index contributed by atoms with van der Waals surface area (Å²) < 4.78 is 96.4. The summed E-state index contributed by atoms with van der Waals surface area (Å²) in [6, 6.07) is 0. The first-order valence-electron chi connectivity index (χ1n) is 12.4. The minimum absolute atomic E-state index is 0. The molecular formula is C24H36BF8P2Rh-. The zero-order chi connectivity index (χ0) is 26.6. The molecule has 0 saturated carbocycles. The summed E-state index contributed by atoms with van der Waals surface area (Å²) in [4.78, 5) is 0. The van der Waals surface area contributed by atoms with Crippen LogP contribution in [-0.4, -0.2) is 41.7 Å². The number of hydrogen-bond acceptors (Lipinski definition) is 0. The summed E-state index contributed by atoms with van der Waals surface area (Å²) in [5.74, 6) is -7.80. The molecule has 2 heterocycles. The van der Waals surface area contributed by atoms with Gasteiger partial charge < -0.3 is 17.3 Å². The SMILES string of the molecule is C1=CCC/C=C\CC1.C[C@@H]1CC[C@@H](C)P1C1=C(P2[C@H](C)CC[C@H]2C)C(F)(F)C1(F)F.F[B-](F)(F)F.[Rh]. The second-order valence-corrected chi connectivity index (χ2v) is 15.9. The standard InChI is InChI=1S/C16H24F4P2.C8H12.BF4.Rh/c1-9-5-6-10(2)21(9)13-14(16(19,20)15(13,17)18)22-11(3)7-8-12(22)4;1-2-4-6-8-7-5-3-1;2-1(3,4)5;/h9-12H,5-8H2,1-4H3;1-2,7-8H,3-6H2;;/q;;-1;/b;2-1-,8-7?;;/t9-,10-,11-,12-;;;/m1.../s1. The topological polar surface area (TPSA) is 0 Å². The maximum atomic E-state index is 14.4. The van der Waals surface area contributed by atoms with Crippen LogP contribution in [0.1, 0.15) is 79.1 Å². The molecule has 2 aliphatic carbocycles. The van der Waals surface area contributed by atoms with Crippen molar-refractivity contribution in [3.05, 3.63) is 34.9 Å². The van der Waals surface area contributed by atoms with Gasteiger partial charge in [-0.3, -0.25) is 0 Å². The molecular weight excluding hydrogens is 616 g/mol. The normalized spacial score (nSPS) is 32.7. The Morgan fingerprint density at radius 3 is 0.972 bits per heavy atom. The minimum Gasteiger partial charge on any atom is -0.418 e. The van der Waals surface area contributed by atoms with Gasteiger partial charge in [0.05, 0.1) is 0 Å². The maximum absolute atomic E-state index is 14.4. The van der Waals surface area contributed by atoms with Crippen LogP contribution in [0.4, 0.5) is 34.8 Å². The van der Waals surface area contributed by atoms with Crippen molar-refractivity contribution in [3.63, 3.8) is 0 Å². The van der Waals surface area contributed by atoms with Gasteiger partial charge in [-0.1, -0.05) is 67.8 Å². The first-order chi connectivity index (χ1) is 16.1. The molecule has 36 heavy (non-hydrogen) atoms. The molecule has 0 bridgehead atoms. The molecule has 0 aromatic rings. The molecule has 0 nitrogen and oxygen atoms in total. The van der Waals surface area contributed by atoms with Gasteiger partial charge >= 0.3 is 19.1 Å². The van der Waals surface area contributed by atoms with E-state index in [9.17, 15) is 34.8 Å². The van der Waals surface area contributed by atoms with E-state index in [4.69, 9.17) is 0 Å². The Morgan fingerprint density at radius 1 is 0.583 bits per heavy atom. The van der Waals surface area contributed by atoms with Crippen LogP contribution in [0.5, 0.6) is 0 Å². The maximum Gasteiger partial charge on any atom is 0.673 e. The molecule has 0 spiro atoms. The largest absolute Gasteiger partial charge is 0.673 e. The van der Waals surface area contributed by atoms with E-state index < -0.39 is 34.9 Å². The van der Waals surface area contributed by atoms with Crippen molar-refractivity contribution in [2.75, 3.05) is 0 Å². The Balaban J connectivity index is 0.000000383. The third kappa shape index (κ3) is 8.35. The second-order valence-electron chi connectivity index (χ2n) is 9.80. The van der Waals surface area contributed by atoms with Crippen molar-refractivity contribution >= 4 is 23.1 Å². The Morgan fingerprint density at radius 2 is 0.778 bits per heavy atom. The van der Waals surface area contributed by atoms with Crippen molar-refractivity contribution in [3.8, 4) is 0 Å². The average Bonchev–Trinajstić information content (AvgIpc) is 3.19. The summed E-state index contributed by atoms with van der Waals surface area (Å²) in [5.41, 5.74) is 0.612. The van der Waals surface area contributed by atoms with Gasteiger partial charge in [-0.15, -0.1) is 0 Å². The summed E-state index contributed by atoms with van der Waals surface area (Å²) in [5, 5.41) is -0.173. The van der Waals surface area contributed by atoms with E-state index in [1.807, 2.05) is 27.7 Å². The second kappa shape index (κ2) is 14.0. The van der Waals surface area contributed by atoms with Gasteiger partial charge in [0.25, 0.3) is 0 Å². The fourth-order valence-electron chi connectivity index (χ4n) is 5.23. The van der Waals surface area contributed by atoms with Crippen molar-refractivity contribution < 1.29 is 54.3 Å².